The van der Waals surface area contributed by atoms with Crippen LogP contribution in [0.2, 0.25) is 0 Å². The van der Waals surface area contributed by atoms with Crippen LogP contribution < -0.4 is 0 Å². The number of carbonyl (C=O) groups is 1. The number of hydrogen-bond acceptors (Lipinski definition) is 4. The number of hydrogen-bond donors (Lipinski definition) is 0. The molecule has 5 nitrogen and oxygen atoms in total. The van der Waals surface area contributed by atoms with Crippen molar-refractivity contribution < 1.29 is 9.53 Å². The molecule has 2 aromatic rings. The molecule has 0 N–H and O–H groups in total. The number of rotatable bonds is 7. The molecule has 1 unspecified atom stereocenters. The molecule has 31 heavy (non-hydrogen) atoms. The van der Waals surface area contributed by atoms with Gasteiger partial charge in [0, 0.05) is 57.2 Å². The van der Waals surface area contributed by atoms with Crippen LogP contribution in [0, 0.1) is 11.8 Å². The molecule has 1 atom stereocenters. The van der Waals surface area contributed by atoms with Crippen LogP contribution >= 0.6 is 0 Å². The highest BCUT2D eigenvalue weighted by Crippen LogP contribution is 2.29. The third kappa shape index (κ3) is 5.92. The maximum Gasteiger partial charge on any atom is 0.225 e. The Balaban J connectivity index is 1.41. The van der Waals surface area contributed by atoms with Crippen molar-refractivity contribution in [3.8, 4) is 0 Å². The van der Waals surface area contributed by atoms with Gasteiger partial charge < -0.3 is 9.64 Å². The van der Waals surface area contributed by atoms with Gasteiger partial charge >= 0.3 is 0 Å². The minimum Gasteiger partial charge on any atom is -0.381 e. The van der Waals surface area contributed by atoms with Crippen LogP contribution in [0.15, 0.2) is 54.9 Å². The number of likely N-dealkylation sites (tertiary alicyclic amines) is 1. The lowest BCUT2D eigenvalue weighted by Crippen LogP contribution is -2.48. The molecular formula is C26H35N3O2. The zero-order valence-corrected chi connectivity index (χ0v) is 18.7. The highest BCUT2D eigenvalue weighted by molar-refractivity contribution is 5.79. The first-order valence-corrected chi connectivity index (χ1v) is 11.7. The van der Waals surface area contributed by atoms with E-state index in [4.69, 9.17) is 4.74 Å². The van der Waals surface area contributed by atoms with Gasteiger partial charge in [-0.25, -0.2) is 0 Å². The maximum atomic E-state index is 12.9. The summed E-state index contributed by atoms with van der Waals surface area (Å²) in [5.41, 5.74) is 2.63. The predicted octanol–water partition coefficient (Wildman–Crippen LogP) is 3.79. The molecule has 2 aliphatic heterocycles. The molecule has 0 aliphatic carbocycles. The van der Waals surface area contributed by atoms with Gasteiger partial charge in [0.05, 0.1) is 0 Å². The van der Waals surface area contributed by atoms with Crippen molar-refractivity contribution >= 4 is 5.91 Å². The number of carbonyl (C=O) groups excluding carboxylic acids is 1. The van der Waals surface area contributed by atoms with Crippen molar-refractivity contribution in [1.82, 2.24) is 14.8 Å². The molecule has 2 saturated heterocycles. The quantitative estimate of drug-likeness (QED) is 0.682. The van der Waals surface area contributed by atoms with E-state index in [2.05, 4.69) is 58.2 Å². The molecule has 5 heteroatoms. The average Bonchev–Trinajstić information content (AvgIpc) is 2.84. The van der Waals surface area contributed by atoms with Crippen LogP contribution in [-0.4, -0.2) is 60.1 Å². The Hall–Kier alpha value is -2.24. The Morgan fingerprint density at radius 3 is 2.45 bits per heavy atom. The first kappa shape index (κ1) is 22.0. The summed E-state index contributed by atoms with van der Waals surface area (Å²) in [4.78, 5) is 21.8. The van der Waals surface area contributed by atoms with Crippen LogP contribution in [0.5, 0.6) is 0 Å². The van der Waals surface area contributed by atoms with Crippen LogP contribution in [0.3, 0.4) is 0 Å². The lowest BCUT2D eigenvalue weighted by Gasteiger charge is -2.41. The summed E-state index contributed by atoms with van der Waals surface area (Å²) in [5.74, 6) is 1.10. The Morgan fingerprint density at radius 1 is 1.06 bits per heavy atom. The van der Waals surface area contributed by atoms with Gasteiger partial charge in [-0.1, -0.05) is 36.4 Å². The number of piperidine rings is 1. The lowest BCUT2D eigenvalue weighted by atomic mass is 9.84. The van der Waals surface area contributed by atoms with E-state index in [0.29, 0.717) is 17.9 Å². The Bertz CT molecular complexity index is 800. The standard InChI is InChI=1S/C26H35N3O2/c1-28(20-22-8-5-13-27-19-22)25(18-21-6-3-2-4-7-21)23-9-14-29(15-10-23)26(30)24-11-16-31-17-12-24/h2-8,13,19,23-25H,9-12,14-18,20H2,1H3. The summed E-state index contributed by atoms with van der Waals surface area (Å²) in [5, 5.41) is 0. The van der Waals surface area contributed by atoms with Crippen molar-refractivity contribution in [2.24, 2.45) is 11.8 Å². The minimum atomic E-state index is 0.165. The fraction of sp³-hybridized carbons (Fsp3) is 0.538. The first-order valence-electron chi connectivity index (χ1n) is 11.7. The highest BCUT2D eigenvalue weighted by Gasteiger charge is 2.33. The largest absolute Gasteiger partial charge is 0.381 e. The molecule has 0 spiro atoms. The van der Waals surface area contributed by atoms with Crippen molar-refractivity contribution in [2.45, 2.75) is 44.7 Å². The number of aromatic nitrogens is 1. The third-order valence-electron chi connectivity index (χ3n) is 6.97. The normalized spacial score (nSPS) is 19.5. The van der Waals surface area contributed by atoms with Gasteiger partial charge in [0.15, 0.2) is 0 Å². The van der Waals surface area contributed by atoms with E-state index < -0.39 is 0 Å². The number of benzene rings is 1. The topological polar surface area (TPSA) is 45.7 Å². The van der Waals surface area contributed by atoms with E-state index in [9.17, 15) is 4.79 Å². The monoisotopic (exact) mass is 421 g/mol. The van der Waals surface area contributed by atoms with Gasteiger partial charge in [-0.3, -0.25) is 14.7 Å². The second-order valence-electron chi connectivity index (χ2n) is 9.08. The van der Waals surface area contributed by atoms with Gasteiger partial charge in [0.25, 0.3) is 0 Å². The fourth-order valence-electron chi connectivity index (χ4n) is 5.14. The second kappa shape index (κ2) is 10.9. The highest BCUT2D eigenvalue weighted by atomic mass is 16.5. The van der Waals surface area contributed by atoms with Gasteiger partial charge in [-0.05, 0) is 62.3 Å². The Morgan fingerprint density at radius 2 is 1.77 bits per heavy atom. The summed E-state index contributed by atoms with van der Waals surface area (Å²) >= 11 is 0. The second-order valence-corrected chi connectivity index (χ2v) is 9.08. The van der Waals surface area contributed by atoms with Crippen LogP contribution in [0.25, 0.3) is 0 Å². The summed E-state index contributed by atoms with van der Waals surface area (Å²) in [7, 11) is 2.24. The molecule has 0 saturated carbocycles. The van der Waals surface area contributed by atoms with E-state index in [1.54, 1.807) is 0 Å². The number of pyridine rings is 1. The van der Waals surface area contributed by atoms with E-state index in [0.717, 1.165) is 65.0 Å². The molecule has 1 aromatic heterocycles. The smallest absolute Gasteiger partial charge is 0.225 e. The molecule has 166 valence electrons. The average molecular weight is 422 g/mol. The summed E-state index contributed by atoms with van der Waals surface area (Å²) in [6, 6.07) is 15.4. The van der Waals surface area contributed by atoms with Crippen molar-refractivity contribution in [1.29, 1.82) is 0 Å². The van der Waals surface area contributed by atoms with Crippen LogP contribution in [0.1, 0.15) is 36.8 Å². The molecule has 0 bridgehead atoms. The molecule has 2 fully saturated rings. The predicted molar refractivity (Wildman–Crippen MR) is 122 cm³/mol. The molecule has 0 radical (unpaired) electrons. The molecule has 1 amide bonds. The third-order valence-corrected chi connectivity index (χ3v) is 6.97. The van der Waals surface area contributed by atoms with Gasteiger partial charge in [-0.15, -0.1) is 0 Å². The van der Waals surface area contributed by atoms with E-state index in [-0.39, 0.29) is 5.92 Å². The zero-order valence-electron chi connectivity index (χ0n) is 18.7. The first-order chi connectivity index (χ1) is 15.2. The molecule has 2 aliphatic rings. The zero-order chi connectivity index (χ0) is 21.5. The lowest BCUT2D eigenvalue weighted by molar-refractivity contribution is -0.140. The molecular weight excluding hydrogens is 386 g/mol. The molecule has 3 heterocycles. The summed E-state index contributed by atoms with van der Waals surface area (Å²) in [6.45, 7) is 4.11. The number of ether oxygens (including phenoxy) is 1. The van der Waals surface area contributed by atoms with Crippen molar-refractivity contribution in [3.63, 3.8) is 0 Å². The minimum absolute atomic E-state index is 0.165. The van der Waals surface area contributed by atoms with Crippen molar-refractivity contribution in [2.75, 3.05) is 33.4 Å². The van der Waals surface area contributed by atoms with E-state index in [1.165, 1.54) is 11.1 Å². The molecule has 1 aromatic carbocycles. The summed E-state index contributed by atoms with van der Waals surface area (Å²) in [6.07, 6.45) is 8.73. The molecule has 4 rings (SSSR count). The van der Waals surface area contributed by atoms with E-state index >= 15 is 0 Å². The Labute approximate surface area is 186 Å². The van der Waals surface area contributed by atoms with Crippen LogP contribution in [-0.2, 0) is 22.5 Å². The van der Waals surface area contributed by atoms with Crippen LogP contribution in [0.4, 0.5) is 0 Å². The van der Waals surface area contributed by atoms with Gasteiger partial charge in [-0.2, -0.15) is 0 Å². The van der Waals surface area contributed by atoms with E-state index in [1.807, 2.05) is 18.5 Å². The Kier molecular flexibility index (Phi) is 7.71. The number of nitrogens with zero attached hydrogens (tertiary/aromatic N) is 3. The number of amides is 1. The fourth-order valence-corrected chi connectivity index (χ4v) is 5.14. The van der Waals surface area contributed by atoms with Gasteiger partial charge in [0.2, 0.25) is 5.91 Å². The van der Waals surface area contributed by atoms with Crippen molar-refractivity contribution in [3.05, 3.63) is 66.0 Å². The van der Waals surface area contributed by atoms with Gasteiger partial charge in [0.1, 0.15) is 0 Å². The SMILES string of the molecule is CN(Cc1cccnc1)C(Cc1ccccc1)C1CCN(C(=O)C2CCOCC2)CC1. The summed E-state index contributed by atoms with van der Waals surface area (Å²) < 4.78 is 5.44. The number of likely N-dealkylation sites (N-methyl/N-ethyl adjacent to an activating group) is 1. The maximum absolute atomic E-state index is 12.9.